The van der Waals surface area contributed by atoms with Gasteiger partial charge in [0.2, 0.25) is 0 Å². The van der Waals surface area contributed by atoms with E-state index in [1.54, 1.807) is 16.8 Å². The molecule has 1 aromatic rings. The molecule has 1 heterocycles. The van der Waals surface area contributed by atoms with Crippen LogP contribution in [0.25, 0.3) is 0 Å². The van der Waals surface area contributed by atoms with Crippen molar-refractivity contribution in [2.45, 2.75) is 13.3 Å². The Hall–Kier alpha value is -2.04. The lowest BCUT2D eigenvalue weighted by atomic mass is 10.0. The van der Waals surface area contributed by atoms with Crippen molar-refractivity contribution in [1.82, 2.24) is 4.90 Å². The molecule has 5 nitrogen and oxygen atoms in total. The Morgan fingerprint density at radius 1 is 1.32 bits per heavy atom. The Labute approximate surface area is 112 Å². The van der Waals surface area contributed by atoms with E-state index in [0.717, 1.165) is 11.3 Å². The van der Waals surface area contributed by atoms with Crippen molar-refractivity contribution >= 4 is 17.7 Å². The molecule has 0 radical (unpaired) electrons. The van der Waals surface area contributed by atoms with Crippen LogP contribution in [0.3, 0.4) is 0 Å². The summed E-state index contributed by atoms with van der Waals surface area (Å²) in [5, 5.41) is 8.89. The Morgan fingerprint density at radius 3 is 2.53 bits per heavy atom. The zero-order chi connectivity index (χ0) is 14.0. The van der Waals surface area contributed by atoms with Gasteiger partial charge in [0.15, 0.2) is 0 Å². The van der Waals surface area contributed by atoms with Gasteiger partial charge < -0.3 is 10.0 Å². The minimum absolute atomic E-state index is 0.0403. The van der Waals surface area contributed by atoms with Crippen molar-refractivity contribution in [2.75, 3.05) is 25.0 Å². The standard InChI is InChI=1S/C14H18N2O3/c1-10-3-5-12(6-4-10)16-9-11(7-13(17)18)8-15(2)14(16)19/h3-6,11H,7-9H2,1-2H3,(H,17,18). The summed E-state index contributed by atoms with van der Waals surface area (Å²) in [7, 11) is 1.71. The minimum Gasteiger partial charge on any atom is -0.481 e. The Morgan fingerprint density at radius 2 is 1.95 bits per heavy atom. The summed E-state index contributed by atoms with van der Waals surface area (Å²) in [6.45, 7) is 2.94. The average Bonchev–Trinajstić information content (AvgIpc) is 2.34. The number of carbonyl (C=O) groups excluding carboxylic acids is 1. The number of aliphatic carboxylic acids is 1. The SMILES string of the molecule is Cc1ccc(N2CC(CC(=O)O)CN(C)C2=O)cc1. The van der Waals surface area contributed by atoms with Crippen molar-refractivity contribution in [2.24, 2.45) is 5.92 Å². The van der Waals surface area contributed by atoms with Gasteiger partial charge in [-0.25, -0.2) is 4.79 Å². The van der Waals surface area contributed by atoms with Crippen LogP contribution in [0.5, 0.6) is 0 Å². The molecule has 0 aliphatic carbocycles. The van der Waals surface area contributed by atoms with Crippen molar-refractivity contribution in [3.05, 3.63) is 29.8 Å². The first-order valence-electron chi connectivity index (χ1n) is 6.28. The lowest BCUT2D eigenvalue weighted by Crippen LogP contribution is -2.52. The van der Waals surface area contributed by atoms with Crippen LogP contribution < -0.4 is 4.90 Å². The van der Waals surface area contributed by atoms with Crippen LogP contribution in [0.4, 0.5) is 10.5 Å². The van der Waals surface area contributed by atoms with Crippen LogP contribution in [0.1, 0.15) is 12.0 Å². The number of anilines is 1. The third-order valence-electron chi connectivity index (χ3n) is 3.34. The predicted octanol–water partition coefficient (Wildman–Crippen LogP) is 1.96. The number of amides is 2. The Kier molecular flexibility index (Phi) is 3.74. The monoisotopic (exact) mass is 262 g/mol. The molecule has 1 fully saturated rings. The number of aryl methyl sites for hydroxylation is 1. The number of urea groups is 1. The fourth-order valence-electron chi connectivity index (χ4n) is 2.38. The number of carboxylic acid groups (broad SMARTS) is 1. The number of carboxylic acids is 1. The summed E-state index contributed by atoms with van der Waals surface area (Å²) in [6.07, 6.45) is 0.0833. The maximum absolute atomic E-state index is 12.1. The number of hydrogen-bond acceptors (Lipinski definition) is 2. The number of nitrogens with zero attached hydrogens (tertiary/aromatic N) is 2. The molecular weight excluding hydrogens is 244 g/mol. The number of carbonyl (C=O) groups is 2. The first kappa shape index (κ1) is 13.4. The van der Waals surface area contributed by atoms with Gasteiger partial charge in [0.25, 0.3) is 0 Å². The summed E-state index contributed by atoms with van der Waals surface area (Å²) in [5.74, 6) is -0.863. The van der Waals surface area contributed by atoms with Crippen molar-refractivity contribution in [3.63, 3.8) is 0 Å². The molecule has 1 unspecified atom stereocenters. The molecule has 5 heteroatoms. The van der Waals surface area contributed by atoms with Crippen LogP contribution in [0, 0.1) is 12.8 Å². The van der Waals surface area contributed by atoms with Crippen LogP contribution >= 0.6 is 0 Å². The van der Waals surface area contributed by atoms with Crippen molar-refractivity contribution < 1.29 is 14.7 Å². The third kappa shape index (κ3) is 3.05. The van der Waals surface area contributed by atoms with E-state index in [2.05, 4.69) is 0 Å². The van der Waals surface area contributed by atoms with Crippen molar-refractivity contribution in [1.29, 1.82) is 0 Å². The highest BCUT2D eigenvalue weighted by molar-refractivity contribution is 5.92. The fraction of sp³-hybridized carbons (Fsp3) is 0.429. The molecule has 1 atom stereocenters. The van der Waals surface area contributed by atoms with Gasteiger partial charge in [-0.2, -0.15) is 0 Å². The Bertz CT molecular complexity index is 484. The van der Waals surface area contributed by atoms with E-state index in [-0.39, 0.29) is 18.4 Å². The smallest absolute Gasteiger partial charge is 0.324 e. The van der Waals surface area contributed by atoms with E-state index >= 15 is 0 Å². The zero-order valence-electron chi connectivity index (χ0n) is 11.2. The van der Waals surface area contributed by atoms with Crippen LogP contribution in [-0.4, -0.2) is 42.1 Å². The normalized spacial score (nSPS) is 19.7. The predicted molar refractivity (Wildman–Crippen MR) is 72.3 cm³/mol. The molecule has 1 aliphatic rings. The molecule has 19 heavy (non-hydrogen) atoms. The van der Waals surface area contributed by atoms with E-state index in [4.69, 9.17) is 5.11 Å². The molecule has 0 spiro atoms. The fourth-order valence-corrected chi connectivity index (χ4v) is 2.38. The van der Waals surface area contributed by atoms with Gasteiger partial charge in [0.05, 0.1) is 6.42 Å². The average molecular weight is 262 g/mol. The highest BCUT2D eigenvalue weighted by Gasteiger charge is 2.31. The summed E-state index contributed by atoms with van der Waals surface area (Å²) >= 11 is 0. The number of benzene rings is 1. The molecule has 2 rings (SSSR count). The van der Waals surface area contributed by atoms with Gasteiger partial charge in [-0.05, 0) is 19.1 Å². The second-order valence-electron chi connectivity index (χ2n) is 5.07. The third-order valence-corrected chi connectivity index (χ3v) is 3.34. The first-order valence-corrected chi connectivity index (χ1v) is 6.28. The molecular formula is C14H18N2O3. The molecule has 1 N–H and O–H groups in total. The maximum Gasteiger partial charge on any atom is 0.324 e. The number of rotatable bonds is 3. The van der Waals surface area contributed by atoms with Crippen LogP contribution in [0.15, 0.2) is 24.3 Å². The lowest BCUT2D eigenvalue weighted by molar-refractivity contribution is -0.138. The first-order chi connectivity index (χ1) is 8.97. The second-order valence-corrected chi connectivity index (χ2v) is 5.07. The lowest BCUT2D eigenvalue weighted by Gasteiger charge is -2.37. The molecule has 0 aromatic heterocycles. The summed E-state index contributed by atoms with van der Waals surface area (Å²) in [6, 6.07) is 7.60. The van der Waals surface area contributed by atoms with Crippen LogP contribution in [-0.2, 0) is 4.79 Å². The number of hydrogen-bond donors (Lipinski definition) is 1. The van der Waals surface area contributed by atoms with Gasteiger partial charge in [0.1, 0.15) is 0 Å². The second kappa shape index (κ2) is 5.30. The van der Waals surface area contributed by atoms with Gasteiger partial charge in [-0.1, -0.05) is 17.7 Å². The molecule has 2 amide bonds. The molecule has 0 saturated carbocycles. The highest BCUT2D eigenvalue weighted by Crippen LogP contribution is 2.23. The summed E-state index contributed by atoms with van der Waals surface area (Å²) in [4.78, 5) is 26.2. The van der Waals surface area contributed by atoms with Crippen molar-refractivity contribution in [3.8, 4) is 0 Å². The minimum atomic E-state index is -0.823. The molecule has 0 bridgehead atoms. The topological polar surface area (TPSA) is 60.9 Å². The maximum atomic E-state index is 12.1. The zero-order valence-corrected chi connectivity index (χ0v) is 11.2. The van der Waals surface area contributed by atoms with E-state index < -0.39 is 5.97 Å². The van der Waals surface area contributed by atoms with E-state index in [0.29, 0.717) is 13.1 Å². The highest BCUT2D eigenvalue weighted by atomic mass is 16.4. The van der Waals surface area contributed by atoms with E-state index in [1.807, 2.05) is 31.2 Å². The molecule has 102 valence electrons. The summed E-state index contributed by atoms with van der Waals surface area (Å²) in [5.41, 5.74) is 1.95. The van der Waals surface area contributed by atoms with Gasteiger partial charge in [-0.15, -0.1) is 0 Å². The van der Waals surface area contributed by atoms with Gasteiger partial charge >= 0.3 is 12.0 Å². The van der Waals surface area contributed by atoms with E-state index in [9.17, 15) is 9.59 Å². The van der Waals surface area contributed by atoms with E-state index in [1.165, 1.54) is 0 Å². The van der Waals surface area contributed by atoms with Gasteiger partial charge in [-0.3, -0.25) is 9.69 Å². The molecule has 1 saturated heterocycles. The Balaban J connectivity index is 2.19. The summed E-state index contributed by atoms with van der Waals surface area (Å²) < 4.78 is 0. The van der Waals surface area contributed by atoms with Gasteiger partial charge in [0, 0.05) is 31.7 Å². The quantitative estimate of drug-likeness (QED) is 0.905. The molecule has 1 aromatic carbocycles. The van der Waals surface area contributed by atoms with Crippen LogP contribution in [0.2, 0.25) is 0 Å². The molecule has 1 aliphatic heterocycles. The largest absolute Gasteiger partial charge is 0.481 e.